The van der Waals surface area contributed by atoms with Gasteiger partial charge in [0.1, 0.15) is 0 Å². The molecule has 1 aliphatic carbocycles. The second-order valence-corrected chi connectivity index (χ2v) is 15.7. The van der Waals surface area contributed by atoms with Gasteiger partial charge in [-0.15, -0.1) is 0 Å². The van der Waals surface area contributed by atoms with Crippen LogP contribution in [-0.4, -0.2) is 0 Å². The summed E-state index contributed by atoms with van der Waals surface area (Å²) in [4.78, 5) is 0. The Hall–Kier alpha value is 0.168. The normalized spacial score (nSPS) is 20.1. The fourth-order valence-corrected chi connectivity index (χ4v) is 5.46. The van der Waals surface area contributed by atoms with E-state index in [0.717, 1.165) is 8.62 Å². The molecular formula is C10H18Pt. The van der Waals surface area contributed by atoms with Crippen LogP contribution in [0.15, 0.2) is 24.3 Å². The van der Waals surface area contributed by atoms with Crippen molar-refractivity contribution < 1.29 is 16.1 Å². The van der Waals surface area contributed by atoms with Gasteiger partial charge in [-0.2, -0.15) is 0 Å². The zero-order chi connectivity index (χ0) is 8.48. The molecule has 0 aromatic carbocycles. The van der Waals surface area contributed by atoms with Crippen LogP contribution in [0.4, 0.5) is 0 Å². The standard InChI is InChI=1S/C5H5.C3H7.2CH3.Pt/c1-2-4-5-3-1;1-3-2;;;/h1-5H;3H,1-2H3;2*1H3;. The molecule has 0 aliphatic heterocycles. The van der Waals surface area contributed by atoms with Gasteiger partial charge in [0.25, 0.3) is 0 Å². The molecule has 0 bridgehead atoms. The monoisotopic (exact) mass is 333 g/mol. The maximum atomic E-state index is 2.52. The van der Waals surface area contributed by atoms with Gasteiger partial charge < -0.3 is 0 Å². The van der Waals surface area contributed by atoms with E-state index in [9.17, 15) is 0 Å². The summed E-state index contributed by atoms with van der Waals surface area (Å²) in [6.07, 6.45) is 9.13. The molecule has 1 rings (SSSR count). The van der Waals surface area contributed by atoms with Gasteiger partial charge >= 0.3 is 73.5 Å². The van der Waals surface area contributed by atoms with E-state index in [0.29, 0.717) is 0 Å². The topological polar surface area (TPSA) is 0 Å². The van der Waals surface area contributed by atoms with Crippen molar-refractivity contribution in [2.45, 2.75) is 33.1 Å². The molecule has 0 N–H and O–H groups in total. The van der Waals surface area contributed by atoms with Gasteiger partial charge in [-0.3, -0.25) is 0 Å². The molecule has 1 aliphatic rings. The van der Waals surface area contributed by atoms with Gasteiger partial charge in [0.2, 0.25) is 0 Å². The van der Waals surface area contributed by atoms with Crippen molar-refractivity contribution in [3.05, 3.63) is 24.3 Å². The Bertz CT molecular complexity index is 175. The first kappa shape index (κ1) is 9.26. The van der Waals surface area contributed by atoms with Crippen molar-refractivity contribution in [2.75, 3.05) is 0 Å². The molecule has 0 heterocycles. The zero-order valence-electron chi connectivity index (χ0n) is 7.78. The van der Waals surface area contributed by atoms with Crippen molar-refractivity contribution >= 4 is 0 Å². The predicted molar refractivity (Wildman–Crippen MR) is 48.9 cm³/mol. The van der Waals surface area contributed by atoms with Crippen LogP contribution in [-0.2, 0) is 16.1 Å². The quantitative estimate of drug-likeness (QED) is 0.717. The molecule has 0 fully saturated rings. The van der Waals surface area contributed by atoms with Gasteiger partial charge in [0, 0.05) is 0 Å². The second-order valence-electron chi connectivity index (χ2n) is 3.27. The molecule has 11 heavy (non-hydrogen) atoms. The van der Waals surface area contributed by atoms with Crippen LogP contribution in [0.3, 0.4) is 0 Å². The number of rotatable bonds is 2. The van der Waals surface area contributed by atoms with Gasteiger partial charge in [-0.1, -0.05) is 0 Å². The summed E-state index contributed by atoms with van der Waals surface area (Å²) < 4.78 is 1.74. The van der Waals surface area contributed by atoms with E-state index in [1.54, 1.807) is 0 Å². The van der Waals surface area contributed by atoms with E-state index in [2.05, 4.69) is 48.8 Å². The van der Waals surface area contributed by atoms with Gasteiger partial charge in [0.15, 0.2) is 0 Å². The Balaban J connectivity index is 2.72. The molecule has 0 atom stereocenters. The minimum atomic E-state index is -1.45. The molecule has 1 heteroatoms. The molecule has 0 radical (unpaired) electrons. The number of allylic oxidation sites excluding steroid dienone is 4. The van der Waals surface area contributed by atoms with Crippen LogP contribution in [0.25, 0.3) is 0 Å². The van der Waals surface area contributed by atoms with Gasteiger partial charge in [-0.05, 0) is 0 Å². The molecule has 0 aromatic heterocycles. The molecule has 0 spiro atoms. The third kappa shape index (κ3) is 1.85. The molecule has 0 aromatic rings. The van der Waals surface area contributed by atoms with E-state index >= 15 is 0 Å². The fourth-order valence-electron chi connectivity index (χ4n) is 0.948. The van der Waals surface area contributed by atoms with Crippen molar-refractivity contribution in [3.8, 4) is 0 Å². The summed E-state index contributed by atoms with van der Waals surface area (Å²) in [7, 11) is 0. The summed E-state index contributed by atoms with van der Waals surface area (Å²) in [6.45, 7) is 4.74. The van der Waals surface area contributed by atoms with Crippen LogP contribution in [0.2, 0.25) is 19.2 Å². The first-order valence-electron chi connectivity index (χ1n) is 3.82. The van der Waals surface area contributed by atoms with Gasteiger partial charge in [0.05, 0.1) is 0 Å². The predicted octanol–water partition coefficient (Wildman–Crippen LogP) is 3.98. The fraction of sp³-hybridized carbons (Fsp3) is 0.600. The van der Waals surface area contributed by atoms with Gasteiger partial charge in [-0.25, -0.2) is 0 Å². The Labute approximate surface area is 73.6 Å². The van der Waals surface area contributed by atoms with Crippen LogP contribution >= 0.6 is 0 Å². The molecule has 0 nitrogen and oxygen atoms in total. The molecule has 0 amide bonds. The summed E-state index contributed by atoms with van der Waals surface area (Å²) in [5.74, 6) is 0. The van der Waals surface area contributed by atoms with Crippen LogP contribution in [0.5, 0.6) is 0 Å². The minimum absolute atomic E-state index is 0.822. The van der Waals surface area contributed by atoms with E-state index in [1.165, 1.54) is 0 Å². The average molecular weight is 333 g/mol. The molecule has 68 valence electrons. The average Bonchev–Trinajstić information content (AvgIpc) is 2.37. The van der Waals surface area contributed by atoms with E-state index in [4.69, 9.17) is 0 Å². The van der Waals surface area contributed by atoms with E-state index in [-0.39, 0.29) is 0 Å². The van der Waals surface area contributed by atoms with Crippen molar-refractivity contribution in [1.29, 1.82) is 0 Å². The third-order valence-corrected chi connectivity index (χ3v) is 13.7. The molecule has 0 saturated heterocycles. The van der Waals surface area contributed by atoms with Crippen LogP contribution in [0.1, 0.15) is 13.8 Å². The third-order valence-electron chi connectivity index (χ3n) is 2.16. The van der Waals surface area contributed by atoms with Crippen LogP contribution < -0.4 is 0 Å². The van der Waals surface area contributed by atoms with Crippen LogP contribution in [0, 0.1) is 0 Å². The Morgan fingerprint density at radius 3 is 1.91 bits per heavy atom. The summed E-state index contributed by atoms with van der Waals surface area (Å²) >= 11 is -1.45. The summed E-state index contributed by atoms with van der Waals surface area (Å²) in [5, 5.41) is 5.03. The summed E-state index contributed by atoms with van der Waals surface area (Å²) in [6, 6.07) is 0. The summed E-state index contributed by atoms with van der Waals surface area (Å²) in [5.41, 5.74) is 0. The molecule has 0 saturated carbocycles. The Morgan fingerprint density at radius 2 is 1.55 bits per heavy atom. The van der Waals surface area contributed by atoms with Crippen molar-refractivity contribution in [2.24, 2.45) is 0 Å². The maximum absolute atomic E-state index is 2.52. The van der Waals surface area contributed by atoms with E-state index < -0.39 is 16.1 Å². The molecule has 0 unspecified atom stereocenters. The molecular weight excluding hydrogens is 315 g/mol. The first-order valence-corrected chi connectivity index (χ1v) is 11.0. The van der Waals surface area contributed by atoms with E-state index in [1.807, 2.05) is 0 Å². The second kappa shape index (κ2) is 3.27. The number of hydrogen-bond donors (Lipinski definition) is 0. The first-order chi connectivity index (χ1) is 5.05. The van der Waals surface area contributed by atoms with Crippen molar-refractivity contribution in [1.82, 2.24) is 0 Å². The number of hydrogen-bond acceptors (Lipinski definition) is 0. The zero-order valence-corrected chi connectivity index (χ0v) is 10.1. The Morgan fingerprint density at radius 1 is 1.09 bits per heavy atom. The SMILES string of the molecule is C[CH](C)[Pt]([CH3])([CH3])[CH]1C=CC=C1. The Kier molecular flexibility index (Phi) is 2.75. The van der Waals surface area contributed by atoms with Crippen molar-refractivity contribution in [3.63, 3.8) is 0 Å².